The summed E-state index contributed by atoms with van der Waals surface area (Å²) in [5, 5.41) is 19.4. The lowest BCUT2D eigenvalue weighted by Crippen LogP contribution is -2.30. The molecule has 108 valence electrons. The van der Waals surface area contributed by atoms with Gasteiger partial charge in [-0.3, -0.25) is 4.79 Å². The van der Waals surface area contributed by atoms with Gasteiger partial charge in [0.15, 0.2) is 0 Å². The summed E-state index contributed by atoms with van der Waals surface area (Å²) in [5.74, 6) is -3.98. The minimum atomic E-state index is -1.36. The Labute approximate surface area is 123 Å². The molecule has 0 saturated heterocycles. The van der Waals surface area contributed by atoms with Gasteiger partial charge in [-0.25, -0.2) is 8.78 Å². The van der Waals surface area contributed by atoms with Crippen LogP contribution in [-0.2, 0) is 4.79 Å². The summed E-state index contributed by atoms with van der Waals surface area (Å²) in [7, 11) is 0. The van der Waals surface area contributed by atoms with Crippen molar-refractivity contribution >= 4 is 21.9 Å². The number of carbonyl (C=O) groups is 1. The lowest BCUT2D eigenvalue weighted by molar-refractivity contribution is -0.145. The first-order valence-electron chi connectivity index (χ1n) is 6.12. The number of carboxylic acid groups (broad SMARTS) is 1. The number of allylic oxidation sites excluding steroid dienone is 2. The van der Waals surface area contributed by atoms with Gasteiger partial charge in [-0.05, 0) is 40.9 Å². The normalized spacial score (nSPS) is 23.6. The molecular formula is C14H13BrF2O3. The Kier molecular flexibility index (Phi) is 4.55. The first-order valence-corrected chi connectivity index (χ1v) is 6.91. The van der Waals surface area contributed by atoms with Crippen molar-refractivity contribution in [1.29, 1.82) is 0 Å². The zero-order valence-electron chi connectivity index (χ0n) is 10.4. The van der Waals surface area contributed by atoms with E-state index < -0.39 is 35.5 Å². The average Bonchev–Trinajstić information content (AvgIpc) is 2.42. The van der Waals surface area contributed by atoms with E-state index in [-0.39, 0.29) is 16.5 Å². The number of hydrogen-bond acceptors (Lipinski definition) is 2. The van der Waals surface area contributed by atoms with Gasteiger partial charge in [-0.15, -0.1) is 0 Å². The monoisotopic (exact) mass is 346 g/mol. The summed E-state index contributed by atoms with van der Waals surface area (Å²) in [6, 6.07) is 1.84. The minimum absolute atomic E-state index is 0.0377. The fraction of sp³-hybridized carbons (Fsp3) is 0.357. The molecule has 0 spiro atoms. The Balaban J connectivity index is 2.35. The molecule has 1 aromatic rings. The average molecular weight is 347 g/mol. The molecule has 0 saturated carbocycles. The van der Waals surface area contributed by atoms with Crippen molar-refractivity contribution in [1.82, 2.24) is 0 Å². The van der Waals surface area contributed by atoms with Gasteiger partial charge in [0, 0.05) is 11.5 Å². The Hall–Kier alpha value is -1.27. The van der Waals surface area contributed by atoms with Gasteiger partial charge in [0.05, 0.1) is 16.5 Å². The Morgan fingerprint density at radius 1 is 1.25 bits per heavy atom. The molecule has 0 aromatic heterocycles. The molecular weight excluding hydrogens is 334 g/mol. The molecule has 3 unspecified atom stereocenters. The van der Waals surface area contributed by atoms with Crippen LogP contribution in [0.2, 0.25) is 0 Å². The molecule has 3 atom stereocenters. The van der Waals surface area contributed by atoms with Crippen molar-refractivity contribution in [3.8, 4) is 0 Å². The van der Waals surface area contributed by atoms with E-state index in [2.05, 4.69) is 15.9 Å². The van der Waals surface area contributed by atoms with Gasteiger partial charge in [0.25, 0.3) is 0 Å². The Bertz CT molecular complexity index is 560. The van der Waals surface area contributed by atoms with Crippen LogP contribution in [0, 0.1) is 23.5 Å². The molecule has 0 fully saturated rings. The van der Waals surface area contributed by atoms with Crippen molar-refractivity contribution in [2.45, 2.75) is 18.9 Å². The molecule has 1 aromatic carbocycles. The Morgan fingerprint density at radius 3 is 2.55 bits per heavy atom. The molecule has 0 aliphatic heterocycles. The van der Waals surface area contributed by atoms with Crippen molar-refractivity contribution in [3.63, 3.8) is 0 Å². The lowest BCUT2D eigenvalue weighted by atomic mass is 9.77. The van der Waals surface area contributed by atoms with Gasteiger partial charge in [0.2, 0.25) is 0 Å². The zero-order chi connectivity index (χ0) is 14.9. The van der Waals surface area contributed by atoms with Crippen LogP contribution in [0.25, 0.3) is 0 Å². The molecule has 20 heavy (non-hydrogen) atoms. The van der Waals surface area contributed by atoms with Gasteiger partial charge in [0.1, 0.15) is 11.6 Å². The van der Waals surface area contributed by atoms with E-state index >= 15 is 0 Å². The quantitative estimate of drug-likeness (QED) is 0.651. The molecule has 0 amide bonds. The van der Waals surface area contributed by atoms with E-state index in [0.717, 1.165) is 12.1 Å². The number of hydrogen-bond donors (Lipinski definition) is 2. The number of aliphatic carboxylic acids is 1. The molecule has 1 aliphatic rings. The summed E-state index contributed by atoms with van der Waals surface area (Å²) in [6.07, 6.45) is 2.71. The molecule has 3 nitrogen and oxygen atoms in total. The second-order valence-corrected chi connectivity index (χ2v) is 5.64. The second kappa shape index (κ2) is 6.01. The molecule has 1 aliphatic carbocycles. The highest BCUT2D eigenvalue weighted by Gasteiger charge is 2.35. The number of rotatable bonds is 3. The van der Waals surface area contributed by atoms with E-state index in [1.54, 1.807) is 12.2 Å². The predicted octanol–water partition coefficient (Wildman–Crippen LogP) is 3.43. The molecule has 2 rings (SSSR count). The SMILES string of the molecule is O=C(O)C1CC=CCC1C(O)c1cc(F)c(Br)cc1F. The van der Waals surface area contributed by atoms with E-state index in [9.17, 15) is 18.7 Å². The third-order valence-corrected chi connectivity index (χ3v) is 4.17. The van der Waals surface area contributed by atoms with E-state index in [0.29, 0.717) is 6.42 Å². The smallest absolute Gasteiger partial charge is 0.307 e. The van der Waals surface area contributed by atoms with Crippen LogP contribution < -0.4 is 0 Å². The van der Waals surface area contributed by atoms with Crippen molar-refractivity contribution in [2.24, 2.45) is 11.8 Å². The van der Waals surface area contributed by atoms with Crippen LogP contribution in [0.3, 0.4) is 0 Å². The van der Waals surface area contributed by atoms with Gasteiger partial charge in [-0.1, -0.05) is 12.2 Å². The number of carboxylic acids is 1. The maximum absolute atomic E-state index is 13.8. The van der Waals surface area contributed by atoms with Crippen molar-refractivity contribution < 1.29 is 23.8 Å². The summed E-state index contributed by atoms with van der Waals surface area (Å²) < 4.78 is 27.3. The molecule has 6 heteroatoms. The topological polar surface area (TPSA) is 57.5 Å². The fourth-order valence-corrected chi connectivity index (χ4v) is 2.78. The highest BCUT2D eigenvalue weighted by atomic mass is 79.9. The van der Waals surface area contributed by atoms with Crippen LogP contribution in [0.4, 0.5) is 8.78 Å². The standard InChI is InChI=1S/C14H13BrF2O3/c15-10-6-11(16)9(5-12(10)17)13(18)7-3-1-2-4-8(7)14(19)20/h1-2,5-8,13,18H,3-4H2,(H,19,20). The van der Waals surface area contributed by atoms with Crippen LogP contribution in [0.1, 0.15) is 24.5 Å². The minimum Gasteiger partial charge on any atom is -0.481 e. The Morgan fingerprint density at radius 2 is 1.90 bits per heavy atom. The molecule has 0 bridgehead atoms. The van der Waals surface area contributed by atoms with Crippen molar-refractivity contribution in [3.05, 3.63) is 46.0 Å². The van der Waals surface area contributed by atoms with Crippen LogP contribution in [0.15, 0.2) is 28.8 Å². The first-order chi connectivity index (χ1) is 9.41. The summed E-state index contributed by atoms with van der Waals surface area (Å²) in [6.45, 7) is 0. The van der Waals surface area contributed by atoms with Gasteiger partial charge in [-0.2, -0.15) is 0 Å². The lowest BCUT2D eigenvalue weighted by Gasteiger charge is -2.30. The van der Waals surface area contributed by atoms with Crippen LogP contribution in [0.5, 0.6) is 0 Å². The molecule has 0 radical (unpaired) electrons. The highest BCUT2D eigenvalue weighted by molar-refractivity contribution is 9.10. The third kappa shape index (κ3) is 2.91. The maximum atomic E-state index is 13.8. The molecule has 2 N–H and O–H groups in total. The van der Waals surface area contributed by atoms with Crippen molar-refractivity contribution in [2.75, 3.05) is 0 Å². The second-order valence-electron chi connectivity index (χ2n) is 4.78. The number of benzene rings is 1. The summed E-state index contributed by atoms with van der Waals surface area (Å²) in [5.41, 5.74) is -0.211. The van der Waals surface area contributed by atoms with Crippen LogP contribution in [-0.4, -0.2) is 16.2 Å². The number of aliphatic hydroxyl groups is 1. The summed E-state index contributed by atoms with van der Waals surface area (Å²) >= 11 is 2.86. The zero-order valence-corrected chi connectivity index (χ0v) is 12.0. The van der Waals surface area contributed by atoms with Gasteiger partial charge < -0.3 is 10.2 Å². The fourth-order valence-electron chi connectivity index (χ4n) is 2.46. The first kappa shape index (κ1) is 15.1. The number of halogens is 3. The maximum Gasteiger partial charge on any atom is 0.307 e. The summed E-state index contributed by atoms with van der Waals surface area (Å²) in [4.78, 5) is 11.2. The largest absolute Gasteiger partial charge is 0.481 e. The van der Waals surface area contributed by atoms with Crippen LogP contribution >= 0.6 is 15.9 Å². The van der Waals surface area contributed by atoms with E-state index in [1.165, 1.54) is 0 Å². The van der Waals surface area contributed by atoms with E-state index in [1.807, 2.05) is 0 Å². The molecule has 0 heterocycles. The third-order valence-electron chi connectivity index (χ3n) is 3.56. The van der Waals surface area contributed by atoms with E-state index in [4.69, 9.17) is 5.11 Å². The number of aliphatic hydroxyl groups excluding tert-OH is 1. The highest BCUT2D eigenvalue weighted by Crippen LogP contribution is 2.38. The van der Waals surface area contributed by atoms with Gasteiger partial charge >= 0.3 is 5.97 Å². The predicted molar refractivity (Wildman–Crippen MR) is 72.0 cm³/mol.